The van der Waals surface area contributed by atoms with Crippen molar-refractivity contribution in [2.24, 2.45) is 5.92 Å². The Kier molecular flexibility index (Phi) is 6.01. The van der Waals surface area contributed by atoms with Crippen LogP contribution in [0.4, 0.5) is 4.39 Å². The Balaban J connectivity index is 2.68. The van der Waals surface area contributed by atoms with Gasteiger partial charge in [0.2, 0.25) is 5.91 Å². The molecule has 0 heterocycles. The summed E-state index contributed by atoms with van der Waals surface area (Å²) in [6.07, 6.45) is 0.498. The van der Waals surface area contributed by atoms with E-state index in [1.54, 1.807) is 17.0 Å². The van der Waals surface area contributed by atoms with E-state index in [-0.39, 0.29) is 18.1 Å². The third kappa shape index (κ3) is 5.52. The zero-order valence-electron chi connectivity index (χ0n) is 11.4. The smallest absolute Gasteiger partial charge is 0.227 e. The highest BCUT2D eigenvalue weighted by Gasteiger charge is 2.15. The number of carbonyl (C=O) groups is 1. The molecule has 102 valence electrons. The quantitative estimate of drug-likeness (QED) is 0.791. The summed E-state index contributed by atoms with van der Waals surface area (Å²) in [5.41, 5.74) is 0.663. The maximum Gasteiger partial charge on any atom is 0.227 e. The Labute approximate surface area is 113 Å². The molecule has 0 spiro atoms. The van der Waals surface area contributed by atoms with Gasteiger partial charge in [-0.2, -0.15) is 5.26 Å². The lowest BCUT2D eigenvalue weighted by Crippen LogP contribution is -2.36. The van der Waals surface area contributed by atoms with Crippen LogP contribution in [0.3, 0.4) is 0 Å². The topological polar surface area (TPSA) is 44.1 Å². The highest BCUT2D eigenvalue weighted by Crippen LogP contribution is 2.08. The van der Waals surface area contributed by atoms with Gasteiger partial charge in [-0.15, -0.1) is 0 Å². The van der Waals surface area contributed by atoms with E-state index in [9.17, 15) is 9.18 Å². The Hall–Kier alpha value is -1.89. The molecular weight excluding hydrogens is 243 g/mol. The fourth-order valence-corrected chi connectivity index (χ4v) is 1.88. The average Bonchev–Trinajstić information content (AvgIpc) is 2.34. The van der Waals surface area contributed by atoms with Crippen LogP contribution in [0.5, 0.6) is 0 Å². The summed E-state index contributed by atoms with van der Waals surface area (Å²) in [6, 6.07) is 8.11. The summed E-state index contributed by atoms with van der Waals surface area (Å²) < 4.78 is 13.1. The lowest BCUT2D eigenvalue weighted by atomic mass is 10.1. The number of amides is 1. The van der Waals surface area contributed by atoms with Gasteiger partial charge in [-0.1, -0.05) is 26.0 Å². The largest absolute Gasteiger partial charge is 0.341 e. The van der Waals surface area contributed by atoms with Gasteiger partial charge in [-0.05, 0) is 23.6 Å². The van der Waals surface area contributed by atoms with Crippen molar-refractivity contribution < 1.29 is 9.18 Å². The van der Waals surface area contributed by atoms with Crippen molar-refractivity contribution >= 4 is 5.91 Å². The molecule has 0 fully saturated rings. The van der Waals surface area contributed by atoms with E-state index < -0.39 is 0 Å². The Morgan fingerprint density at radius 3 is 2.79 bits per heavy atom. The molecule has 0 bridgehead atoms. The first-order chi connectivity index (χ1) is 9.02. The van der Waals surface area contributed by atoms with Crippen LogP contribution in [0.2, 0.25) is 0 Å². The van der Waals surface area contributed by atoms with Gasteiger partial charge < -0.3 is 4.90 Å². The van der Waals surface area contributed by atoms with Crippen LogP contribution in [0.15, 0.2) is 24.3 Å². The van der Waals surface area contributed by atoms with Crippen molar-refractivity contribution in [3.63, 3.8) is 0 Å². The molecule has 1 aromatic carbocycles. The number of carbonyl (C=O) groups excluding carboxylic acids is 1. The van der Waals surface area contributed by atoms with E-state index >= 15 is 0 Å². The van der Waals surface area contributed by atoms with Crippen molar-refractivity contribution in [2.45, 2.75) is 26.7 Å². The number of hydrogen-bond donors (Lipinski definition) is 0. The second kappa shape index (κ2) is 7.52. The molecular formula is C15H19FN2O. The van der Waals surface area contributed by atoms with Crippen LogP contribution in [0, 0.1) is 23.1 Å². The summed E-state index contributed by atoms with van der Waals surface area (Å²) in [4.78, 5) is 13.8. The molecule has 0 unspecified atom stereocenters. The molecule has 0 radical (unpaired) electrons. The predicted molar refractivity (Wildman–Crippen MR) is 71.8 cm³/mol. The van der Waals surface area contributed by atoms with Crippen molar-refractivity contribution in [1.29, 1.82) is 5.26 Å². The lowest BCUT2D eigenvalue weighted by molar-refractivity contribution is -0.130. The molecule has 0 N–H and O–H groups in total. The molecule has 0 aliphatic heterocycles. The summed E-state index contributed by atoms with van der Waals surface area (Å²) in [5, 5.41) is 8.62. The minimum atomic E-state index is -0.335. The molecule has 3 nitrogen and oxygen atoms in total. The summed E-state index contributed by atoms with van der Waals surface area (Å²) in [6.45, 7) is 5.10. The first-order valence-electron chi connectivity index (χ1n) is 6.42. The van der Waals surface area contributed by atoms with Gasteiger partial charge in [0.25, 0.3) is 0 Å². The number of benzene rings is 1. The van der Waals surface area contributed by atoms with Crippen LogP contribution >= 0.6 is 0 Å². The normalized spacial score (nSPS) is 10.3. The third-order valence-corrected chi connectivity index (χ3v) is 2.68. The fourth-order valence-electron chi connectivity index (χ4n) is 1.88. The number of nitrogens with zero attached hydrogens (tertiary/aromatic N) is 2. The van der Waals surface area contributed by atoms with Crippen LogP contribution in [-0.2, 0) is 11.2 Å². The first kappa shape index (κ1) is 15.2. The molecule has 19 heavy (non-hydrogen) atoms. The molecule has 0 saturated carbocycles. The van der Waals surface area contributed by atoms with Gasteiger partial charge in [-0.3, -0.25) is 4.79 Å². The first-order valence-corrected chi connectivity index (χ1v) is 6.42. The molecule has 1 aromatic rings. The molecule has 0 aliphatic carbocycles. The van der Waals surface area contributed by atoms with Gasteiger partial charge >= 0.3 is 0 Å². The fraction of sp³-hybridized carbons (Fsp3) is 0.467. The Bertz CT molecular complexity index is 465. The molecule has 0 aliphatic rings. The zero-order chi connectivity index (χ0) is 14.3. The van der Waals surface area contributed by atoms with Gasteiger partial charge in [-0.25, -0.2) is 4.39 Å². The highest BCUT2D eigenvalue weighted by atomic mass is 19.1. The summed E-state index contributed by atoms with van der Waals surface area (Å²) in [7, 11) is 0. The third-order valence-electron chi connectivity index (χ3n) is 2.68. The van der Waals surface area contributed by atoms with Crippen LogP contribution < -0.4 is 0 Å². The van der Waals surface area contributed by atoms with Crippen molar-refractivity contribution in [3.05, 3.63) is 35.6 Å². The molecule has 4 heteroatoms. The van der Waals surface area contributed by atoms with E-state index in [4.69, 9.17) is 5.26 Å². The molecule has 0 aromatic heterocycles. The number of nitriles is 1. The van der Waals surface area contributed by atoms with Gasteiger partial charge in [0.1, 0.15) is 5.82 Å². The SMILES string of the molecule is CC(C)CN(CCC#N)C(=O)Cc1cccc(F)c1. The lowest BCUT2D eigenvalue weighted by Gasteiger charge is -2.23. The Morgan fingerprint density at radius 2 is 2.21 bits per heavy atom. The molecule has 1 amide bonds. The van der Waals surface area contributed by atoms with Gasteiger partial charge in [0.05, 0.1) is 18.9 Å². The van der Waals surface area contributed by atoms with Gasteiger partial charge in [0.15, 0.2) is 0 Å². The second-order valence-corrected chi connectivity index (χ2v) is 4.95. The van der Waals surface area contributed by atoms with Crippen molar-refractivity contribution in [3.8, 4) is 6.07 Å². The molecule has 0 atom stereocenters. The number of rotatable bonds is 6. The van der Waals surface area contributed by atoms with E-state index in [1.165, 1.54) is 12.1 Å². The Morgan fingerprint density at radius 1 is 1.47 bits per heavy atom. The number of halogens is 1. The molecule has 0 saturated heterocycles. The highest BCUT2D eigenvalue weighted by molar-refractivity contribution is 5.78. The van der Waals surface area contributed by atoms with Crippen molar-refractivity contribution in [1.82, 2.24) is 4.90 Å². The van der Waals surface area contributed by atoms with E-state index in [2.05, 4.69) is 0 Å². The van der Waals surface area contributed by atoms with Gasteiger partial charge in [0, 0.05) is 13.1 Å². The average molecular weight is 262 g/mol. The minimum Gasteiger partial charge on any atom is -0.341 e. The van der Waals surface area contributed by atoms with E-state index in [0.717, 1.165) is 0 Å². The maximum atomic E-state index is 13.1. The van der Waals surface area contributed by atoms with Crippen LogP contribution in [-0.4, -0.2) is 23.9 Å². The second-order valence-electron chi connectivity index (χ2n) is 4.95. The van der Waals surface area contributed by atoms with Crippen LogP contribution in [0.25, 0.3) is 0 Å². The predicted octanol–water partition coefficient (Wildman–Crippen LogP) is 2.77. The van der Waals surface area contributed by atoms with Crippen molar-refractivity contribution in [2.75, 3.05) is 13.1 Å². The minimum absolute atomic E-state index is 0.0606. The zero-order valence-corrected chi connectivity index (χ0v) is 11.4. The maximum absolute atomic E-state index is 13.1. The van der Waals surface area contributed by atoms with E-state index in [1.807, 2.05) is 19.9 Å². The standard InChI is InChI=1S/C15H19FN2O/c1-12(2)11-18(8-4-7-17)15(19)10-13-5-3-6-14(16)9-13/h3,5-6,9,12H,4,8,10-11H2,1-2H3. The van der Waals surface area contributed by atoms with E-state index in [0.29, 0.717) is 31.0 Å². The number of hydrogen-bond acceptors (Lipinski definition) is 2. The summed E-state index contributed by atoms with van der Waals surface area (Å²) >= 11 is 0. The summed E-state index contributed by atoms with van der Waals surface area (Å²) in [5.74, 6) is -0.0533. The monoisotopic (exact) mass is 262 g/mol. The van der Waals surface area contributed by atoms with Crippen LogP contribution in [0.1, 0.15) is 25.8 Å². The molecule has 1 rings (SSSR count).